The van der Waals surface area contributed by atoms with Crippen molar-refractivity contribution in [1.29, 1.82) is 0 Å². The Morgan fingerprint density at radius 3 is 2.50 bits per heavy atom. The van der Waals surface area contributed by atoms with Crippen LogP contribution in [0.15, 0.2) is 18.2 Å². The standard InChI is InChI=1S/C14H19N3O3S.ClH/c1-17-12-4-3-10(16-21(2,19)20)9-11(12)14(13(17)18)5-7-15-8-6-14;/h3-4,9,15-16H,5-8H2,1-2H3;1H. The van der Waals surface area contributed by atoms with Crippen molar-refractivity contribution in [1.82, 2.24) is 5.32 Å². The Kier molecular flexibility index (Phi) is 4.43. The lowest BCUT2D eigenvalue weighted by atomic mass is 9.74. The second-order valence-corrected chi connectivity index (χ2v) is 7.55. The fourth-order valence-electron chi connectivity index (χ4n) is 3.37. The zero-order chi connectivity index (χ0) is 15.3. The van der Waals surface area contributed by atoms with Gasteiger partial charge in [-0.2, -0.15) is 0 Å². The highest BCUT2D eigenvalue weighted by Gasteiger charge is 2.49. The first-order valence-corrected chi connectivity index (χ1v) is 8.84. The van der Waals surface area contributed by atoms with Crippen molar-refractivity contribution >= 4 is 39.7 Å². The molecule has 0 aliphatic carbocycles. The fraction of sp³-hybridized carbons (Fsp3) is 0.500. The van der Waals surface area contributed by atoms with E-state index in [9.17, 15) is 13.2 Å². The number of anilines is 2. The van der Waals surface area contributed by atoms with Crippen LogP contribution >= 0.6 is 12.4 Å². The summed E-state index contributed by atoms with van der Waals surface area (Å²) in [7, 11) is -1.55. The minimum absolute atomic E-state index is 0. The number of nitrogens with one attached hydrogen (secondary N) is 2. The Labute approximate surface area is 136 Å². The summed E-state index contributed by atoms with van der Waals surface area (Å²) in [6, 6.07) is 5.32. The molecule has 1 saturated heterocycles. The second kappa shape index (κ2) is 5.72. The molecule has 0 atom stereocenters. The van der Waals surface area contributed by atoms with E-state index in [0.717, 1.165) is 43.4 Å². The van der Waals surface area contributed by atoms with E-state index in [1.165, 1.54) is 0 Å². The van der Waals surface area contributed by atoms with Crippen LogP contribution < -0.4 is 14.9 Å². The van der Waals surface area contributed by atoms with Gasteiger partial charge in [0, 0.05) is 18.4 Å². The SMILES string of the molecule is CN1C(=O)C2(CCNCC2)c2cc(NS(C)(=O)=O)ccc21.Cl. The first-order chi connectivity index (χ1) is 9.83. The van der Waals surface area contributed by atoms with Crippen LogP contribution in [-0.2, 0) is 20.2 Å². The number of piperidine rings is 1. The predicted molar refractivity (Wildman–Crippen MR) is 89.3 cm³/mol. The van der Waals surface area contributed by atoms with E-state index in [2.05, 4.69) is 10.0 Å². The average molecular weight is 346 g/mol. The van der Waals surface area contributed by atoms with Crippen LogP contribution in [0.5, 0.6) is 0 Å². The first kappa shape index (κ1) is 17.1. The third-order valence-corrected chi connectivity index (χ3v) is 4.95. The van der Waals surface area contributed by atoms with Crippen LogP contribution in [0.2, 0.25) is 0 Å². The predicted octanol–water partition coefficient (Wildman–Crippen LogP) is 1.08. The number of hydrogen-bond donors (Lipinski definition) is 2. The number of fused-ring (bicyclic) bond motifs is 2. The number of hydrogen-bond acceptors (Lipinski definition) is 4. The van der Waals surface area contributed by atoms with Crippen LogP contribution in [0.4, 0.5) is 11.4 Å². The van der Waals surface area contributed by atoms with Crippen LogP contribution in [0.25, 0.3) is 0 Å². The van der Waals surface area contributed by atoms with E-state index in [0.29, 0.717) is 5.69 Å². The second-order valence-electron chi connectivity index (χ2n) is 5.80. The Balaban J connectivity index is 0.00000176. The van der Waals surface area contributed by atoms with Gasteiger partial charge in [-0.25, -0.2) is 8.42 Å². The maximum atomic E-state index is 12.7. The van der Waals surface area contributed by atoms with Crippen molar-refractivity contribution in [2.24, 2.45) is 0 Å². The molecule has 0 bridgehead atoms. The van der Waals surface area contributed by atoms with Gasteiger partial charge in [-0.3, -0.25) is 9.52 Å². The largest absolute Gasteiger partial charge is 0.317 e. The molecule has 22 heavy (non-hydrogen) atoms. The molecule has 1 fully saturated rings. The van der Waals surface area contributed by atoms with Crippen molar-refractivity contribution in [2.45, 2.75) is 18.3 Å². The summed E-state index contributed by atoms with van der Waals surface area (Å²) in [5.41, 5.74) is 1.81. The molecule has 2 aliphatic rings. The molecule has 0 saturated carbocycles. The molecule has 6 nitrogen and oxygen atoms in total. The molecule has 0 aromatic heterocycles. The summed E-state index contributed by atoms with van der Waals surface area (Å²) in [4.78, 5) is 14.4. The molecular weight excluding hydrogens is 326 g/mol. The van der Waals surface area contributed by atoms with E-state index in [4.69, 9.17) is 0 Å². The van der Waals surface area contributed by atoms with Gasteiger partial charge in [0.15, 0.2) is 0 Å². The first-order valence-electron chi connectivity index (χ1n) is 6.95. The minimum atomic E-state index is -3.32. The number of sulfonamides is 1. The number of carbonyl (C=O) groups is 1. The van der Waals surface area contributed by atoms with Gasteiger partial charge in [0.1, 0.15) is 0 Å². The lowest BCUT2D eigenvalue weighted by Gasteiger charge is -2.32. The molecule has 3 rings (SSSR count). The number of halogens is 1. The number of nitrogens with zero attached hydrogens (tertiary/aromatic N) is 1. The normalized spacial score (nSPS) is 19.7. The van der Waals surface area contributed by atoms with E-state index >= 15 is 0 Å². The van der Waals surface area contributed by atoms with E-state index in [1.807, 2.05) is 12.1 Å². The van der Waals surface area contributed by atoms with Gasteiger partial charge < -0.3 is 10.2 Å². The lowest BCUT2D eigenvalue weighted by Crippen LogP contribution is -2.46. The van der Waals surface area contributed by atoms with Gasteiger partial charge in [-0.1, -0.05) is 0 Å². The molecule has 0 unspecified atom stereocenters. The van der Waals surface area contributed by atoms with Crippen molar-refractivity contribution in [3.8, 4) is 0 Å². The number of likely N-dealkylation sites (N-methyl/N-ethyl adjacent to an activating group) is 1. The summed E-state index contributed by atoms with van der Waals surface area (Å²) < 4.78 is 25.3. The third-order valence-electron chi connectivity index (χ3n) is 4.35. The van der Waals surface area contributed by atoms with Gasteiger partial charge in [-0.05, 0) is 49.7 Å². The average Bonchev–Trinajstić information content (AvgIpc) is 2.61. The summed E-state index contributed by atoms with van der Waals surface area (Å²) in [5, 5.41) is 3.27. The molecule has 2 N–H and O–H groups in total. The number of amides is 1. The molecule has 2 heterocycles. The van der Waals surface area contributed by atoms with Gasteiger partial charge in [0.25, 0.3) is 0 Å². The topological polar surface area (TPSA) is 78.5 Å². The number of rotatable bonds is 2. The van der Waals surface area contributed by atoms with Gasteiger partial charge in [0.2, 0.25) is 15.9 Å². The van der Waals surface area contributed by atoms with Crippen molar-refractivity contribution < 1.29 is 13.2 Å². The maximum absolute atomic E-state index is 12.7. The van der Waals surface area contributed by atoms with Crippen LogP contribution in [0.3, 0.4) is 0 Å². The molecule has 0 radical (unpaired) electrons. The molecular formula is C14H20ClN3O3S. The lowest BCUT2D eigenvalue weighted by molar-refractivity contribution is -0.123. The van der Waals surface area contributed by atoms with E-state index in [-0.39, 0.29) is 18.3 Å². The summed E-state index contributed by atoms with van der Waals surface area (Å²) in [5.74, 6) is 0.107. The van der Waals surface area contributed by atoms with Crippen molar-refractivity contribution in [2.75, 3.05) is 36.0 Å². The van der Waals surface area contributed by atoms with Crippen LogP contribution in [-0.4, -0.2) is 40.7 Å². The summed E-state index contributed by atoms with van der Waals surface area (Å²) in [6.45, 7) is 1.59. The zero-order valence-electron chi connectivity index (χ0n) is 12.5. The van der Waals surface area contributed by atoms with Crippen LogP contribution in [0, 0.1) is 0 Å². The third kappa shape index (κ3) is 2.68. The van der Waals surface area contributed by atoms with Gasteiger partial charge >= 0.3 is 0 Å². The monoisotopic (exact) mass is 345 g/mol. The van der Waals surface area contributed by atoms with Crippen molar-refractivity contribution in [3.05, 3.63) is 23.8 Å². The molecule has 2 aliphatic heterocycles. The van der Waals surface area contributed by atoms with Gasteiger partial charge in [0.05, 0.1) is 11.7 Å². The molecule has 122 valence electrons. The molecule has 1 aromatic rings. The highest BCUT2D eigenvalue weighted by atomic mass is 35.5. The van der Waals surface area contributed by atoms with Crippen molar-refractivity contribution in [3.63, 3.8) is 0 Å². The highest BCUT2D eigenvalue weighted by Crippen LogP contribution is 2.47. The molecule has 1 amide bonds. The Hall–Kier alpha value is -1.31. The van der Waals surface area contributed by atoms with Crippen LogP contribution in [0.1, 0.15) is 18.4 Å². The Morgan fingerprint density at radius 2 is 1.91 bits per heavy atom. The minimum Gasteiger partial charge on any atom is -0.317 e. The maximum Gasteiger partial charge on any atom is 0.237 e. The highest BCUT2D eigenvalue weighted by molar-refractivity contribution is 7.92. The summed E-state index contributed by atoms with van der Waals surface area (Å²) in [6.07, 6.45) is 2.61. The smallest absolute Gasteiger partial charge is 0.237 e. The fourth-order valence-corrected chi connectivity index (χ4v) is 3.93. The Morgan fingerprint density at radius 1 is 1.27 bits per heavy atom. The van der Waals surface area contributed by atoms with Gasteiger partial charge in [-0.15, -0.1) is 12.4 Å². The molecule has 1 aromatic carbocycles. The molecule has 1 spiro atoms. The number of benzene rings is 1. The summed E-state index contributed by atoms with van der Waals surface area (Å²) >= 11 is 0. The van der Waals surface area contributed by atoms with E-state index < -0.39 is 15.4 Å². The number of carbonyl (C=O) groups excluding carboxylic acids is 1. The Bertz CT molecular complexity index is 699. The van der Waals surface area contributed by atoms with E-state index in [1.54, 1.807) is 18.0 Å². The zero-order valence-corrected chi connectivity index (χ0v) is 14.2. The quantitative estimate of drug-likeness (QED) is 0.840. The molecule has 8 heteroatoms.